The Labute approximate surface area is 84.2 Å². The van der Waals surface area contributed by atoms with Gasteiger partial charge in [-0.05, 0) is 19.4 Å². The molecule has 1 aliphatic rings. The first-order valence-corrected chi connectivity index (χ1v) is 5.08. The minimum absolute atomic E-state index is 0.924. The fraction of sp³-hybridized carbons (Fsp3) is 0.600. The van der Waals surface area contributed by atoms with E-state index < -0.39 is 0 Å². The average Bonchev–Trinajstić information content (AvgIpc) is 2.67. The summed E-state index contributed by atoms with van der Waals surface area (Å²) in [5.41, 5.74) is 1.36. The van der Waals surface area contributed by atoms with Gasteiger partial charge in [-0.3, -0.25) is 9.58 Å². The van der Waals surface area contributed by atoms with E-state index in [4.69, 9.17) is 0 Å². The largest absolute Gasteiger partial charge is 0.298 e. The first-order chi connectivity index (χ1) is 6.84. The van der Waals surface area contributed by atoms with Crippen molar-refractivity contribution in [3.05, 3.63) is 24.5 Å². The van der Waals surface area contributed by atoms with Gasteiger partial charge in [0.2, 0.25) is 0 Å². The summed E-state index contributed by atoms with van der Waals surface area (Å²) in [7, 11) is 0. The molecule has 0 saturated carbocycles. The van der Waals surface area contributed by atoms with Crippen LogP contribution in [0.4, 0.5) is 0 Å². The van der Waals surface area contributed by atoms with E-state index in [1.54, 1.807) is 6.20 Å². The van der Waals surface area contributed by atoms with E-state index in [1.165, 1.54) is 25.0 Å². The second kappa shape index (κ2) is 4.37. The number of rotatable bonds is 3. The topological polar surface area (TPSA) is 34.0 Å². The Morgan fingerprint density at radius 1 is 1.43 bits per heavy atom. The van der Waals surface area contributed by atoms with Gasteiger partial charge in [-0.15, -0.1) is 5.10 Å². The fourth-order valence-electron chi connectivity index (χ4n) is 1.81. The van der Waals surface area contributed by atoms with Crippen LogP contribution in [0.15, 0.2) is 24.5 Å². The summed E-state index contributed by atoms with van der Waals surface area (Å²) in [5.74, 6) is 0. The molecule has 2 rings (SSSR count). The predicted molar refractivity (Wildman–Crippen MR) is 54.8 cm³/mol. The van der Waals surface area contributed by atoms with E-state index in [0.29, 0.717) is 0 Å². The normalized spacial score (nSPS) is 18.7. The Kier molecular flexibility index (Phi) is 2.93. The van der Waals surface area contributed by atoms with Gasteiger partial charge >= 0.3 is 0 Å². The fourth-order valence-corrected chi connectivity index (χ4v) is 1.81. The van der Waals surface area contributed by atoms with E-state index in [2.05, 4.69) is 21.8 Å². The van der Waals surface area contributed by atoms with Gasteiger partial charge in [0.25, 0.3) is 0 Å². The smallest absolute Gasteiger partial charge is 0.0692 e. The van der Waals surface area contributed by atoms with Crippen LogP contribution >= 0.6 is 0 Å². The van der Waals surface area contributed by atoms with Crippen molar-refractivity contribution in [3.8, 4) is 0 Å². The highest BCUT2D eigenvalue weighted by Crippen LogP contribution is 2.12. The van der Waals surface area contributed by atoms with Crippen molar-refractivity contribution in [2.45, 2.75) is 19.4 Å². The molecule has 14 heavy (non-hydrogen) atoms. The molecular weight excluding hydrogens is 176 g/mol. The maximum atomic E-state index is 4.03. The van der Waals surface area contributed by atoms with E-state index in [9.17, 15) is 0 Å². The monoisotopic (exact) mass is 192 g/mol. The van der Waals surface area contributed by atoms with Crippen molar-refractivity contribution in [1.82, 2.24) is 19.9 Å². The van der Waals surface area contributed by atoms with Crippen molar-refractivity contribution >= 4 is 0 Å². The third-order valence-electron chi connectivity index (χ3n) is 2.57. The van der Waals surface area contributed by atoms with Crippen LogP contribution in [-0.4, -0.2) is 39.5 Å². The molecule has 1 aliphatic heterocycles. The molecule has 76 valence electrons. The zero-order valence-corrected chi connectivity index (χ0v) is 8.39. The molecule has 0 amide bonds. The molecular formula is C10H16N4. The van der Waals surface area contributed by atoms with Crippen molar-refractivity contribution in [1.29, 1.82) is 0 Å². The Morgan fingerprint density at radius 3 is 3.07 bits per heavy atom. The Morgan fingerprint density at radius 2 is 2.36 bits per heavy atom. The summed E-state index contributed by atoms with van der Waals surface area (Å²) in [5, 5.41) is 7.71. The van der Waals surface area contributed by atoms with Crippen LogP contribution < -0.4 is 0 Å². The second-order valence-corrected chi connectivity index (χ2v) is 3.80. The van der Waals surface area contributed by atoms with Crippen LogP contribution in [0.2, 0.25) is 0 Å². The highest BCUT2D eigenvalue weighted by atomic mass is 15.4. The number of piperidine rings is 1. The third-order valence-corrected chi connectivity index (χ3v) is 2.57. The summed E-state index contributed by atoms with van der Waals surface area (Å²) in [6.45, 7) is 8.24. The molecule has 0 bridgehead atoms. The summed E-state index contributed by atoms with van der Waals surface area (Å²) >= 11 is 0. The maximum absolute atomic E-state index is 4.03. The summed E-state index contributed by atoms with van der Waals surface area (Å²) in [6, 6.07) is 0. The first kappa shape index (κ1) is 9.40. The standard InChI is InChI=1S/C10H16N4/c1-10-3-2-5-13(9-10)7-8-14-6-4-11-12-14/h4,6H,1-3,5,7-9H2. The molecule has 0 radical (unpaired) electrons. The van der Waals surface area contributed by atoms with E-state index in [1.807, 2.05) is 10.9 Å². The van der Waals surface area contributed by atoms with Gasteiger partial charge in [-0.1, -0.05) is 17.4 Å². The number of hydrogen-bond donors (Lipinski definition) is 0. The third kappa shape index (κ3) is 2.42. The number of hydrogen-bond acceptors (Lipinski definition) is 3. The Hall–Kier alpha value is -1.16. The molecule has 0 N–H and O–H groups in total. The van der Waals surface area contributed by atoms with Crippen molar-refractivity contribution in [2.24, 2.45) is 0 Å². The van der Waals surface area contributed by atoms with Crippen LogP contribution in [0.3, 0.4) is 0 Å². The van der Waals surface area contributed by atoms with Gasteiger partial charge in [0.05, 0.1) is 12.7 Å². The minimum atomic E-state index is 0.924. The SMILES string of the molecule is C=C1CCCN(CCn2ccnn2)C1. The molecule has 1 aromatic rings. The quantitative estimate of drug-likeness (QED) is 0.668. The lowest BCUT2D eigenvalue weighted by atomic mass is 10.1. The van der Waals surface area contributed by atoms with Gasteiger partial charge in [0, 0.05) is 19.3 Å². The van der Waals surface area contributed by atoms with E-state index >= 15 is 0 Å². The van der Waals surface area contributed by atoms with Gasteiger partial charge in [0.1, 0.15) is 0 Å². The first-order valence-electron chi connectivity index (χ1n) is 5.08. The van der Waals surface area contributed by atoms with Gasteiger partial charge in [-0.25, -0.2) is 0 Å². The van der Waals surface area contributed by atoms with Crippen molar-refractivity contribution < 1.29 is 0 Å². The molecule has 4 nitrogen and oxygen atoms in total. The number of nitrogens with zero attached hydrogens (tertiary/aromatic N) is 4. The molecule has 0 aliphatic carbocycles. The van der Waals surface area contributed by atoms with Crippen LogP contribution in [0.1, 0.15) is 12.8 Å². The van der Waals surface area contributed by atoms with Crippen molar-refractivity contribution in [3.63, 3.8) is 0 Å². The maximum Gasteiger partial charge on any atom is 0.0692 e. The predicted octanol–water partition coefficient (Wildman–Crippen LogP) is 0.930. The van der Waals surface area contributed by atoms with Crippen LogP contribution in [0.5, 0.6) is 0 Å². The number of likely N-dealkylation sites (tertiary alicyclic amines) is 1. The zero-order valence-electron chi connectivity index (χ0n) is 8.39. The van der Waals surface area contributed by atoms with E-state index in [0.717, 1.165) is 19.6 Å². The summed E-state index contributed by atoms with van der Waals surface area (Å²) in [6.07, 6.45) is 6.06. The molecule has 0 unspecified atom stereocenters. The zero-order chi connectivity index (χ0) is 9.80. The molecule has 1 saturated heterocycles. The van der Waals surface area contributed by atoms with Crippen molar-refractivity contribution in [2.75, 3.05) is 19.6 Å². The second-order valence-electron chi connectivity index (χ2n) is 3.80. The molecule has 0 atom stereocenters. The molecule has 1 fully saturated rings. The van der Waals surface area contributed by atoms with Crippen LogP contribution in [0.25, 0.3) is 0 Å². The van der Waals surface area contributed by atoms with E-state index in [-0.39, 0.29) is 0 Å². The Bertz CT molecular complexity index is 291. The van der Waals surface area contributed by atoms with Crippen LogP contribution in [0, 0.1) is 0 Å². The van der Waals surface area contributed by atoms with Gasteiger partial charge in [-0.2, -0.15) is 0 Å². The highest BCUT2D eigenvalue weighted by Gasteiger charge is 2.12. The molecule has 0 spiro atoms. The Balaban J connectivity index is 1.77. The molecule has 4 heteroatoms. The lowest BCUT2D eigenvalue weighted by molar-refractivity contribution is 0.251. The molecule has 0 aromatic carbocycles. The summed E-state index contributed by atoms with van der Waals surface area (Å²) < 4.78 is 1.87. The lowest BCUT2D eigenvalue weighted by Gasteiger charge is -2.27. The lowest BCUT2D eigenvalue weighted by Crippen LogP contribution is -2.33. The number of aromatic nitrogens is 3. The van der Waals surface area contributed by atoms with Crippen LogP contribution in [-0.2, 0) is 6.54 Å². The molecule has 1 aromatic heterocycles. The van der Waals surface area contributed by atoms with Gasteiger partial charge < -0.3 is 0 Å². The minimum Gasteiger partial charge on any atom is -0.298 e. The van der Waals surface area contributed by atoms with Gasteiger partial charge in [0.15, 0.2) is 0 Å². The molecule has 2 heterocycles. The highest BCUT2D eigenvalue weighted by molar-refractivity contribution is 5.00. The average molecular weight is 192 g/mol. The summed E-state index contributed by atoms with van der Waals surface area (Å²) in [4.78, 5) is 2.42.